The number of halogens is 1. The number of benzene rings is 1. The van der Waals surface area contributed by atoms with Gasteiger partial charge in [-0.05, 0) is 31.7 Å². The lowest BCUT2D eigenvalue weighted by atomic mass is 10.0. The van der Waals surface area contributed by atoms with E-state index in [-0.39, 0.29) is 17.9 Å². The molecule has 1 unspecified atom stereocenters. The van der Waals surface area contributed by atoms with E-state index in [1.807, 2.05) is 35.2 Å². The van der Waals surface area contributed by atoms with Gasteiger partial charge in [0.25, 0.3) is 0 Å². The zero-order valence-electron chi connectivity index (χ0n) is 12.9. The van der Waals surface area contributed by atoms with E-state index in [1.54, 1.807) is 6.92 Å². The lowest BCUT2D eigenvalue weighted by Gasteiger charge is -2.32. The normalized spacial score (nSPS) is 17.1. The van der Waals surface area contributed by atoms with Crippen molar-refractivity contribution < 1.29 is 9.59 Å². The average molecular weight is 323 g/mol. The smallest absolute Gasteiger partial charge is 0.237 e. The number of likely N-dealkylation sites (tertiary alicyclic amines) is 1. The summed E-state index contributed by atoms with van der Waals surface area (Å²) in [5, 5.41) is 2.42. The molecule has 1 aliphatic rings. The fourth-order valence-corrected chi connectivity index (χ4v) is 2.71. The monoisotopic (exact) mass is 322 g/mol. The van der Waals surface area contributed by atoms with E-state index in [9.17, 15) is 9.59 Å². The van der Waals surface area contributed by atoms with Gasteiger partial charge in [-0.3, -0.25) is 9.59 Å². The van der Waals surface area contributed by atoms with Gasteiger partial charge in [0.2, 0.25) is 11.8 Å². The molecule has 4 nitrogen and oxygen atoms in total. The number of amides is 2. The Bertz CT molecular complexity index is 497. The summed E-state index contributed by atoms with van der Waals surface area (Å²) in [5.74, 6) is 0.0647. The van der Waals surface area contributed by atoms with Gasteiger partial charge in [0, 0.05) is 25.6 Å². The van der Waals surface area contributed by atoms with E-state index >= 15 is 0 Å². The number of carbonyl (C=O) groups excluding carboxylic acids is 2. The van der Waals surface area contributed by atoms with E-state index in [4.69, 9.17) is 11.6 Å². The van der Waals surface area contributed by atoms with Gasteiger partial charge in [-0.2, -0.15) is 0 Å². The molecule has 1 aliphatic heterocycles. The lowest BCUT2D eigenvalue weighted by molar-refractivity contribution is -0.132. The highest BCUT2D eigenvalue weighted by atomic mass is 35.5. The van der Waals surface area contributed by atoms with Crippen molar-refractivity contribution in [1.29, 1.82) is 0 Å². The maximum Gasteiger partial charge on any atom is 0.237 e. The van der Waals surface area contributed by atoms with Crippen molar-refractivity contribution in [2.75, 3.05) is 13.1 Å². The minimum Gasteiger partial charge on any atom is -0.352 e. The second kappa shape index (κ2) is 8.18. The Morgan fingerprint density at radius 2 is 1.91 bits per heavy atom. The number of carbonyl (C=O) groups is 2. The maximum atomic E-state index is 12.2. The van der Waals surface area contributed by atoms with E-state index < -0.39 is 5.38 Å². The first kappa shape index (κ1) is 16.8. The van der Waals surface area contributed by atoms with Crippen molar-refractivity contribution in [2.45, 2.75) is 44.0 Å². The van der Waals surface area contributed by atoms with Gasteiger partial charge >= 0.3 is 0 Å². The molecule has 0 radical (unpaired) electrons. The van der Waals surface area contributed by atoms with Gasteiger partial charge in [-0.1, -0.05) is 30.3 Å². The third-order valence-electron chi connectivity index (χ3n) is 4.03. The molecule has 1 N–H and O–H groups in total. The summed E-state index contributed by atoms with van der Waals surface area (Å²) >= 11 is 5.75. The van der Waals surface area contributed by atoms with Crippen LogP contribution in [-0.4, -0.2) is 41.2 Å². The standard InChI is InChI=1S/C17H23ClN2O2/c1-13(18)17(22)19-15-9-11-20(12-10-15)16(21)8-7-14-5-3-2-4-6-14/h2-6,13,15H,7-12H2,1H3,(H,19,22). The van der Waals surface area contributed by atoms with Gasteiger partial charge in [0.05, 0.1) is 0 Å². The summed E-state index contributed by atoms with van der Waals surface area (Å²) in [6.07, 6.45) is 2.92. The Hall–Kier alpha value is -1.55. The van der Waals surface area contributed by atoms with Crippen molar-refractivity contribution in [1.82, 2.24) is 10.2 Å². The lowest BCUT2D eigenvalue weighted by Crippen LogP contribution is -2.47. The Balaban J connectivity index is 1.72. The number of nitrogens with zero attached hydrogens (tertiary/aromatic N) is 1. The summed E-state index contributed by atoms with van der Waals surface area (Å²) in [5.41, 5.74) is 1.19. The van der Waals surface area contributed by atoms with E-state index in [0.717, 1.165) is 19.3 Å². The summed E-state index contributed by atoms with van der Waals surface area (Å²) in [6.45, 7) is 3.07. The molecule has 22 heavy (non-hydrogen) atoms. The SMILES string of the molecule is CC(Cl)C(=O)NC1CCN(C(=O)CCc2ccccc2)CC1. The second-order valence-corrected chi connectivity index (χ2v) is 6.42. The topological polar surface area (TPSA) is 49.4 Å². The Morgan fingerprint density at radius 3 is 2.50 bits per heavy atom. The molecule has 0 spiro atoms. The molecule has 1 aromatic rings. The van der Waals surface area contributed by atoms with Gasteiger partial charge in [-0.15, -0.1) is 11.6 Å². The number of rotatable bonds is 5. The molecule has 0 aromatic heterocycles. The molecule has 1 saturated heterocycles. The molecule has 1 aromatic carbocycles. The zero-order valence-corrected chi connectivity index (χ0v) is 13.7. The molecular formula is C17H23ClN2O2. The van der Waals surface area contributed by atoms with Crippen LogP contribution in [0.1, 0.15) is 31.7 Å². The van der Waals surface area contributed by atoms with Crippen molar-refractivity contribution in [3.8, 4) is 0 Å². The first-order chi connectivity index (χ1) is 10.6. The van der Waals surface area contributed by atoms with Crippen molar-refractivity contribution in [3.05, 3.63) is 35.9 Å². The molecule has 1 heterocycles. The van der Waals surface area contributed by atoms with Crippen molar-refractivity contribution in [2.24, 2.45) is 0 Å². The summed E-state index contributed by atoms with van der Waals surface area (Å²) in [7, 11) is 0. The molecule has 0 saturated carbocycles. The summed E-state index contributed by atoms with van der Waals surface area (Å²) in [6, 6.07) is 10.2. The number of alkyl halides is 1. The van der Waals surface area contributed by atoms with Crippen LogP contribution in [0.3, 0.4) is 0 Å². The largest absolute Gasteiger partial charge is 0.352 e. The van der Waals surface area contributed by atoms with Crippen LogP contribution in [0, 0.1) is 0 Å². The van der Waals surface area contributed by atoms with E-state index in [2.05, 4.69) is 5.32 Å². The zero-order chi connectivity index (χ0) is 15.9. The van der Waals surface area contributed by atoms with Crippen LogP contribution in [0.2, 0.25) is 0 Å². The number of piperidine rings is 1. The Kier molecular flexibility index (Phi) is 6.25. The molecule has 1 atom stereocenters. The number of aryl methyl sites for hydroxylation is 1. The van der Waals surface area contributed by atoms with Crippen LogP contribution in [0.4, 0.5) is 0 Å². The van der Waals surface area contributed by atoms with Crippen LogP contribution in [0.15, 0.2) is 30.3 Å². The van der Waals surface area contributed by atoms with Crippen LogP contribution in [0.5, 0.6) is 0 Å². The third-order valence-corrected chi connectivity index (χ3v) is 4.22. The molecule has 5 heteroatoms. The molecular weight excluding hydrogens is 300 g/mol. The number of hydrogen-bond donors (Lipinski definition) is 1. The van der Waals surface area contributed by atoms with Gasteiger partial charge in [0.15, 0.2) is 0 Å². The quantitative estimate of drug-likeness (QED) is 0.846. The summed E-state index contributed by atoms with van der Waals surface area (Å²) < 4.78 is 0. The van der Waals surface area contributed by atoms with E-state index in [0.29, 0.717) is 19.5 Å². The predicted octanol–water partition coefficient (Wildman–Crippen LogP) is 2.35. The second-order valence-electron chi connectivity index (χ2n) is 5.77. The Labute approximate surface area is 136 Å². The molecule has 2 rings (SSSR count). The van der Waals surface area contributed by atoms with Crippen LogP contribution < -0.4 is 5.32 Å². The van der Waals surface area contributed by atoms with Crippen LogP contribution >= 0.6 is 11.6 Å². The first-order valence-corrected chi connectivity index (χ1v) is 8.26. The highest BCUT2D eigenvalue weighted by Gasteiger charge is 2.24. The fourth-order valence-electron chi connectivity index (χ4n) is 2.64. The number of nitrogens with one attached hydrogen (secondary N) is 1. The van der Waals surface area contributed by atoms with E-state index in [1.165, 1.54) is 5.56 Å². The van der Waals surface area contributed by atoms with Crippen LogP contribution in [0.25, 0.3) is 0 Å². The molecule has 2 amide bonds. The number of hydrogen-bond acceptors (Lipinski definition) is 2. The molecule has 1 fully saturated rings. The van der Waals surface area contributed by atoms with Crippen molar-refractivity contribution >= 4 is 23.4 Å². The van der Waals surface area contributed by atoms with Crippen molar-refractivity contribution in [3.63, 3.8) is 0 Å². The van der Waals surface area contributed by atoms with Gasteiger partial charge in [0.1, 0.15) is 5.38 Å². The van der Waals surface area contributed by atoms with Crippen LogP contribution in [-0.2, 0) is 16.0 Å². The minimum absolute atomic E-state index is 0.129. The third kappa shape index (κ3) is 5.02. The highest BCUT2D eigenvalue weighted by Crippen LogP contribution is 2.13. The minimum atomic E-state index is -0.509. The van der Waals surface area contributed by atoms with Gasteiger partial charge < -0.3 is 10.2 Å². The maximum absolute atomic E-state index is 12.2. The molecule has 0 aliphatic carbocycles. The molecule has 120 valence electrons. The average Bonchev–Trinajstić information content (AvgIpc) is 2.54. The Morgan fingerprint density at radius 1 is 1.27 bits per heavy atom. The molecule has 0 bridgehead atoms. The highest BCUT2D eigenvalue weighted by molar-refractivity contribution is 6.30. The summed E-state index contributed by atoms with van der Waals surface area (Å²) in [4.78, 5) is 25.7. The first-order valence-electron chi connectivity index (χ1n) is 7.82. The fraction of sp³-hybridized carbons (Fsp3) is 0.529. The van der Waals surface area contributed by atoms with Gasteiger partial charge in [-0.25, -0.2) is 0 Å². The predicted molar refractivity (Wildman–Crippen MR) is 87.8 cm³/mol.